The summed E-state index contributed by atoms with van der Waals surface area (Å²) in [7, 11) is 0. The first-order chi connectivity index (χ1) is 9.78. The van der Waals surface area contributed by atoms with Gasteiger partial charge in [-0.3, -0.25) is 9.78 Å². The van der Waals surface area contributed by atoms with E-state index in [2.05, 4.69) is 22.0 Å². The normalized spacial score (nSPS) is 11.4. The Hall–Kier alpha value is -2.34. The maximum absolute atomic E-state index is 12.3. The lowest BCUT2D eigenvalue weighted by Gasteiger charge is -1.96. The van der Waals surface area contributed by atoms with Gasteiger partial charge in [-0.2, -0.15) is 9.78 Å². The fraction of sp³-hybridized carbons (Fsp3) is 0.143. The Morgan fingerprint density at radius 3 is 3.05 bits per heavy atom. The molecule has 0 unspecified atom stereocenters. The minimum Gasteiger partial charge on any atom is -0.267 e. The van der Waals surface area contributed by atoms with Crippen LogP contribution in [0.25, 0.3) is 10.2 Å². The quantitative estimate of drug-likeness (QED) is 0.693. The molecule has 0 bridgehead atoms. The molecule has 0 aromatic carbocycles. The molecule has 0 atom stereocenters. The highest BCUT2D eigenvalue weighted by Crippen LogP contribution is 2.20. The van der Waals surface area contributed by atoms with Gasteiger partial charge in [0, 0.05) is 11.1 Å². The Bertz CT molecular complexity index is 820. The molecule has 0 saturated heterocycles. The van der Waals surface area contributed by atoms with E-state index in [1.54, 1.807) is 23.7 Å². The van der Waals surface area contributed by atoms with Gasteiger partial charge in [0.05, 0.1) is 17.3 Å². The summed E-state index contributed by atoms with van der Waals surface area (Å²) in [6.45, 7) is 2.06. The van der Waals surface area contributed by atoms with E-state index in [0.29, 0.717) is 11.1 Å². The van der Waals surface area contributed by atoms with E-state index in [4.69, 9.17) is 0 Å². The van der Waals surface area contributed by atoms with Crippen molar-refractivity contribution in [1.82, 2.24) is 14.6 Å². The van der Waals surface area contributed by atoms with Crippen LogP contribution in [0, 0.1) is 0 Å². The third-order valence-electron chi connectivity index (χ3n) is 2.84. The smallest absolute Gasteiger partial charge is 0.267 e. The van der Waals surface area contributed by atoms with E-state index < -0.39 is 0 Å². The first kappa shape index (κ1) is 12.7. The lowest BCUT2D eigenvalue weighted by Crippen LogP contribution is -2.16. The number of hydrogen-bond donors (Lipinski definition) is 0. The summed E-state index contributed by atoms with van der Waals surface area (Å²) in [5.74, 6) is 0. The molecule has 5 nitrogen and oxygen atoms in total. The molecular formula is C14H12N4OS. The number of thiophene rings is 1. The first-order valence-electron chi connectivity index (χ1n) is 6.23. The van der Waals surface area contributed by atoms with Gasteiger partial charge in [0.25, 0.3) is 5.56 Å². The number of nitrogens with zero attached hydrogens (tertiary/aromatic N) is 4. The zero-order valence-corrected chi connectivity index (χ0v) is 11.7. The number of aryl methyl sites for hydroxylation is 1. The summed E-state index contributed by atoms with van der Waals surface area (Å²) in [4.78, 5) is 22.6. The molecule has 0 spiro atoms. The molecule has 0 N–H and O–H groups in total. The minimum absolute atomic E-state index is 0.155. The Morgan fingerprint density at radius 2 is 2.30 bits per heavy atom. The molecule has 0 aliphatic heterocycles. The van der Waals surface area contributed by atoms with Gasteiger partial charge >= 0.3 is 0 Å². The van der Waals surface area contributed by atoms with Gasteiger partial charge in [0.2, 0.25) is 0 Å². The molecule has 0 aliphatic carbocycles. The summed E-state index contributed by atoms with van der Waals surface area (Å²) < 4.78 is 1.24. The lowest BCUT2D eigenvalue weighted by molar-refractivity contribution is 0.818. The monoisotopic (exact) mass is 284 g/mol. The molecule has 3 aromatic rings. The molecule has 3 heterocycles. The molecule has 6 heteroatoms. The van der Waals surface area contributed by atoms with E-state index >= 15 is 0 Å². The van der Waals surface area contributed by atoms with Crippen molar-refractivity contribution in [3.05, 3.63) is 57.7 Å². The minimum atomic E-state index is -0.155. The van der Waals surface area contributed by atoms with Crippen LogP contribution in [0.4, 0.5) is 0 Å². The number of aromatic nitrogens is 3. The molecule has 0 radical (unpaired) electrons. The van der Waals surface area contributed by atoms with Crippen molar-refractivity contribution in [2.75, 3.05) is 0 Å². The maximum Gasteiger partial charge on any atom is 0.282 e. The molecule has 100 valence electrons. The van der Waals surface area contributed by atoms with Crippen LogP contribution in [0.2, 0.25) is 0 Å². The van der Waals surface area contributed by atoms with Crippen LogP contribution in [0.5, 0.6) is 0 Å². The second-order valence-electron chi connectivity index (χ2n) is 4.18. The van der Waals surface area contributed by atoms with Crippen LogP contribution >= 0.6 is 11.3 Å². The Labute approximate surface area is 119 Å². The molecule has 0 aliphatic rings. The highest BCUT2D eigenvalue weighted by molar-refractivity contribution is 7.18. The van der Waals surface area contributed by atoms with Crippen LogP contribution in [0.3, 0.4) is 0 Å². The van der Waals surface area contributed by atoms with E-state index in [1.165, 1.54) is 11.0 Å². The van der Waals surface area contributed by atoms with E-state index in [1.807, 2.05) is 24.3 Å². The van der Waals surface area contributed by atoms with Gasteiger partial charge in [0.1, 0.15) is 11.2 Å². The average Bonchev–Trinajstić information content (AvgIpc) is 2.92. The third-order valence-corrected chi connectivity index (χ3v) is 4.02. The molecule has 0 amide bonds. The van der Waals surface area contributed by atoms with Crippen molar-refractivity contribution >= 4 is 27.8 Å². The molecule has 20 heavy (non-hydrogen) atoms. The van der Waals surface area contributed by atoms with Crippen LogP contribution in [-0.4, -0.2) is 20.9 Å². The van der Waals surface area contributed by atoms with Crippen LogP contribution in [0.1, 0.15) is 17.5 Å². The predicted octanol–water partition coefficient (Wildman–Crippen LogP) is 2.30. The average molecular weight is 284 g/mol. The zero-order valence-electron chi connectivity index (χ0n) is 10.9. The molecule has 0 fully saturated rings. The fourth-order valence-corrected chi connectivity index (χ4v) is 2.72. The SMILES string of the molecule is CCc1cc2c(=O)n(/N=C\c3ccccn3)cnc2s1. The van der Waals surface area contributed by atoms with Gasteiger partial charge in [-0.05, 0) is 24.6 Å². The maximum atomic E-state index is 12.3. The van der Waals surface area contributed by atoms with Gasteiger partial charge in [-0.1, -0.05) is 13.0 Å². The number of rotatable bonds is 3. The standard InChI is InChI=1S/C14H12N4OS/c1-2-11-7-12-13(20-11)16-9-18(14(12)19)17-8-10-5-3-4-6-15-10/h3-9H,2H2,1H3/b17-8-. The van der Waals surface area contributed by atoms with Gasteiger partial charge < -0.3 is 0 Å². The van der Waals surface area contributed by atoms with E-state index in [0.717, 1.165) is 16.1 Å². The highest BCUT2D eigenvalue weighted by atomic mass is 32.1. The van der Waals surface area contributed by atoms with Gasteiger partial charge in [-0.15, -0.1) is 11.3 Å². The van der Waals surface area contributed by atoms with Gasteiger partial charge in [0.15, 0.2) is 0 Å². The molecular weight excluding hydrogens is 272 g/mol. The second kappa shape index (κ2) is 5.34. The highest BCUT2D eigenvalue weighted by Gasteiger charge is 2.07. The number of hydrogen-bond acceptors (Lipinski definition) is 5. The summed E-state index contributed by atoms with van der Waals surface area (Å²) in [5, 5.41) is 4.74. The van der Waals surface area contributed by atoms with Crippen LogP contribution in [-0.2, 0) is 6.42 Å². The van der Waals surface area contributed by atoms with Crippen LogP contribution in [0.15, 0.2) is 46.7 Å². The summed E-state index contributed by atoms with van der Waals surface area (Å²) in [6, 6.07) is 7.40. The summed E-state index contributed by atoms with van der Waals surface area (Å²) >= 11 is 1.55. The second-order valence-corrected chi connectivity index (χ2v) is 5.29. The van der Waals surface area contributed by atoms with Gasteiger partial charge in [-0.25, -0.2) is 4.98 Å². The predicted molar refractivity (Wildman–Crippen MR) is 80.5 cm³/mol. The molecule has 0 saturated carbocycles. The van der Waals surface area contributed by atoms with E-state index in [-0.39, 0.29) is 5.56 Å². The topological polar surface area (TPSA) is 60.1 Å². The van der Waals surface area contributed by atoms with Crippen molar-refractivity contribution in [1.29, 1.82) is 0 Å². The third kappa shape index (κ3) is 2.37. The van der Waals surface area contributed by atoms with Crippen LogP contribution < -0.4 is 5.56 Å². The van der Waals surface area contributed by atoms with Crippen molar-refractivity contribution in [3.63, 3.8) is 0 Å². The fourth-order valence-electron chi connectivity index (χ4n) is 1.79. The molecule has 3 aromatic heterocycles. The molecule has 3 rings (SSSR count). The summed E-state index contributed by atoms with van der Waals surface area (Å²) in [6.07, 6.45) is 5.57. The number of pyridine rings is 1. The van der Waals surface area contributed by atoms with E-state index in [9.17, 15) is 4.79 Å². The Balaban J connectivity index is 2.02. The van der Waals surface area contributed by atoms with Crippen molar-refractivity contribution in [2.45, 2.75) is 13.3 Å². The lowest BCUT2D eigenvalue weighted by atomic mass is 10.3. The summed E-state index contributed by atoms with van der Waals surface area (Å²) in [5.41, 5.74) is 0.539. The van der Waals surface area contributed by atoms with Crippen molar-refractivity contribution < 1.29 is 0 Å². The Morgan fingerprint density at radius 1 is 1.40 bits per heavy atom. The number of fused-ring (bicyclic) bond motifs is 1. The largest absolute Gasteiger partial charge is 0.282 e. The first-order valence-corrected chi connectivity index (χ1v) is 7.05. The van der Waals surface area contributed by atoms with Crippen molar-refractivity contribution in [2.24, 2.45) is 5.10 Å². The Kier molecular flexibility index (Phi) is 3.39. The zero-order chi connectivity index (χ0) is 13.9. The van der Waals surface area contributed by atoms with Crippen molar-refractivity contribution in [3.8, 4) is 0 Å².